The number of rotatable bonds is 4. The van der Waals surface area contributed by atoms with Crippen molar-refractivity contribution in [2.24, 2.45) is 0 Å². The normalized spacial score (nSPS) is 28.8. The van der Waals surface area contributed by atoms with Crippen molar-refractivity contribution in [3.05, 3.63) is 0 Å². The maximum absolute atomic E-state index is 11.8. The number of amides is 2. The van der Waals surface area contributed by atoms with Crippen LogP contribution in [0.4, 0.5) is 0 Å². The van der Waals surface area contributed by atoms with Gasteiger partial charge in [-0.25, -0.2) is 0 Å². The number of hydrogen-bond acceptors (Lipinski definition) is 4. The minimum absolute atomic E-state index is 0.0523. The SMILES string of the molecule is CC1CC(=O)NC(SCC(=O)NC2CCCCC2)N1. The van der Waals surface area contributed by atoms with E-state index < -0.39 is 0 Å². The van der Waals surface area contributed by atoms with Gasteiger partial charge in [0.2, 0.25) is 11.8 Å². The third kappa shape index (κ3) is 5.03. The molecule has 0 radical (unpaired) electrons. The monoisotopic (exact) mass is 285 g/mol. The van der Waals surface area contributed by atoms with Crippen LogP contribution in [0, 0.1) is 0 Å². The Hall–Kier alpha value is -0.750. The summed E-state index contributed by atoms with van der Waals surface area (Å²) >= 11 is 1.45. The van der Waals surface area contributed by atoms with E-state index in [1.807, 2.05) is 6.92 Å². The molecule has 1 saturated heterocycles. The fourth-order valence-corrected chi connectivity index (χ4v) is 3.55. The zero-order chi connectivity index (χ0) is 13.7. The molecule has 2 amide bonds. The van der Waals surface area contributed by atoms with Crippen molar-refractivity contribution < 1.29 is 9.59 Å². The maximum Gasteiger partial charge on any atom is 0.230 e. The van der Waals surface area contributed by atoms with Crippen LogP contribution in [-0.2, 0) is 9.59 Å². The summed E-state index contributed by atoms with van der Waals surface area (Å²) < 4.78 is 0. The Morgan fingerprint density at radius 3 is 2.79 bits per heavy atom. The zero-order valence-electron chi connectivity index (χ0n) is 11.4. The van der Waals surface area contributed by atoms with Gasteiger partial charge in [0, 0.05) is 18.5 Å². The van der Waals surface area contributed by atoms with Crippen LogP contribution in [0.1, 0.15) is 45.4 Å². The average Bonchev–Trinajstić information content (AvgIpc) is 2.36. The quantitative estimate of drug-likeness (QED) is 0.719. The molecule has 2 unspecified atom stereocenters. The van der Waals surface area contributed by atoms with Crippen molar-refractivity contribution in [2.75, 3.05) is 5.75 Å². The van der Waals surface area contributed by atoms with Gasteiger partial charge >= 0.3 is 0 Å². The van der Waals surface area contributed by atoms with Gasteiger partial charge in [-0.15, -0.1) is 11.8 Å². The first-order chi connectivity index (χ1) is 9.13. The van der Waals surface area contributed by atoms with Crippen LogP contribution in [0.25, 0.3) is 0 Å². The van der Waals surface area contributed by atoms with Gasteiger partial charge in [-0.1, -0.05) is 19.3 Å². The summed E-state index contributed by atoms with van der Waals surface area (Å²) in [6, 6.07) is 0.530. The van der Waals surface area contributed by atoms with E-state index in [0.29, 0.717) is 18.2 Å². The van der Waals surface area contributed by atoms with Gasteiger partial charge in [-0.3, -0.25) is 14.9 Å². The second kappa shape index (κ2) is 7.14. The van der Waals surface area contributed by atoms with E-state index in [4.69, 9.17) is 0 Å². The van der Waals surface area contributed by atoms with E-state index in [0.717, 1.165) is 12.8 Å². The first-order valence-electron chi connectivity index (χ1n) is 7.10. The predicted molar refractivity (Wildman–Crippen MR) is 76.6 cm³/mol. The standard InChI is InChI=1S/C13H23N3O2S/c1-9-7-11(17)16-13(14-9)19-8-12(18)15-10-5-3-2-4-6-10/h9-10,13-14H,2-8H2,1H3,(H,15,18)(H,16,17). The Labute approximate surface area is 118 Å². The van der Waals surface area contributed by atoms with Crippen molar-refractivity contribution in [3.8, 4) is 0 Å². The van der Waals surface area contributed by atoms with Crippen molar-refractivity contribution in [1.29, 1.82) is 0 Å². The molecule has 0 aromatic heterocycles. The van der Waals surface area contributed by atoms with Crippen LogP contribution < -0.4 is 16.0 Å². The van der Waals surface area contributed by atoms with Crippen LogP contribution in [0.5, 0.6) is 0 Å². The average molecular weight is 285 g/mol. The Kier molecular flexibility index (Phi) is 5.51. The molecule has 1 aliphatic carbocycles. The van der Waals surface area contributed by atoms with E-state index in [1.54, 1.807) is 0 Å². The molecule has 2 fully saturated rings. The van der Waals surface area contributed by atoms with E-state index >= 15 is 0 Å². The molecule has 0 aromatic rings. The van der Waals surface area contributed by atoms with Crippen LogP contribution in [0.2, 0.25) is 0 Å². The predicted octanol–water partition coefficient (Wildman–Crippen LogP) is 0.950. The van der Waals surface area contributed by atoms with Crippen LogP contribution in [0.15, 0.2) is 0 Å². The molecule has 1 aliphatic heterocycles. The molecule has 19 heavy (non-hydrogen) atoms. The number of hydrogen-bond donors (Lipinski definition) is 3. The Bertz CT molecular complexity index is 332. The highest BCUT2D eigenvalue weighted by molar-refractivity contribution is 8.00. The minimum atomic E-state index is -0.145. The first kappa shape index (κ1) is 14.7. The smallest absolute Gasteiger partial charge is 0.230 e. The topological polar surface area (TPSA) is 70.2 Å². The van der Waals surface area contributed by atoms with Gasteiger partial charge in [0.15, 0.2) is 0 Å². The van der Waals surface area contributed by atoms with Gasteiger partial charge in [0.25, 0.3) is 0 Å². The van der Waals surface area contributed by atoms with E-state index in [1.165, 1.54) is 31.0 Å². The van der Waals surface area contributed by atoms with E-state index in [2.05, 4.69) is 16.0 Å². The van der Waals surface area contributed by atoms with Crippen LogP contribution in [0.3, 0.4) is 0 Å². The molecular weight excluding hydrogens is 262 g/mol. The number of nitrogens with one attached hydrogen (secondary N) is 3. The molecule has 5 nitrogen and oxygen atoms in total. The summed E-state index contributed by atoms with van der Waals surface area (Å²) in [6.07, 6.45) is 6.44. The fraction of sp³-hybridized carbons (Fsp3) is 0.846. The molecule has 2 atom stereocenters. The third-order valence-corrected chi connectivity index (χ3v) is 4.59. The molecule has 0 spiro atoms. The molecule has 0 bridgehead atoms. The lowest BCUT2D eigenvalue weighted by Gasteiger charge is -2.29. The van der Waals surface area contributed by atoms with Gasteiger partial charge in [0.05, 0.1) is 5.75 Å². The summed E-state index contributed by atoms with van der Waals surface area (Å²) in [5.74, 6) is 0.517. The fourth-order valence-electron chi connectivity index (χ4n) is 2.61. The molecule has 1 saturated carbocycles. The lowest BCUT2D eigenvalue weighted by atomic mass is 9.95. The Morgan fingerprint density at radius 2 is 2.11 bits per heavy atom. The van der Waals surface area contributed by atoms with Crippen LogP contribution >= 0.6 is 11.8 Å². The molecule has 6 heteroatoms. The van der Waals surface area contributed by atoms with Gasteiger partial charge in [0.1, 0.15) is 5.50 Å². The summed E-state index contributed by atoms with van der Waals surface area (Å²) in [5.41, 5.74) is -0.145. The Morgan fingerprint density at radius 1 is 1.37 bits per heavy atom. The summed E-state index contributed by atoms with van der Waals surface area (Å²) in [4.78, 5) is 23.2. The minimum Gasteiger partial charge on any atom is -0.353 e. The molecule has 3 N–H and O–H groups in total. The summed E-state index contributed by atoms with van der Waals surface area (Å²) in [5, 5.41) is 9.18. The van der Waals surface area contributed by atoms with Crippen molar-refractivity contribution in [3.63, 3.8) is 0 Å². The molecular formula is C13H23N3O2S. The van der Waals surface area contributed by atoms with Gasteiger partial charge in [-0.05, 0) is 19.8 Å². The van der Waals surface area contributed by atoms with E-state index in [-0.39, 0.29) is 23.4 Å². The number of carbonyl (C=O) groups is 2. The largest absolute Gasteiger partial charge is 0.353 e. The van der Waals surface area contributed by atoms with Crippen LogP contribution in [-0.4, -0.2) is 35.1 Å². The van der Waals surface area contributed by atoms with Crippen molar-refractivity contribution in [2.45, 2.75) is 63.0 Å². The van der Waals surface area contributed by atoms with E-state index in [9.17, 15) is 9.59 Å². The number of thioether (sulfide) groups is 1. The van der Waals surface area contributed by atoms with Gasteiger partial charge < -0.3 is 10.6 Å². The summed E-state index contributed by atoms with van der Waals surface area (Å²) in [7, 11) is 0. The van der Waals surface area contributed by atoms with Gasteiger partial charge in [-0.2, -0.15) is 0 Å². The maximum atomic E-state index is 11.8. The van der Waals surface area contributed by atoms with Crippen molar-refractivity contribution in [1.82, 2.24) is 16.0 Å². The third-order valence-electron chi connectivity index (χ3n) is 3.57. The lowest BCUT2D eigenvalue weighted by molar-refractivity contribution is -0.123. The molecule has 108 valence electrons. The first-order valence-corrected chi connectivity index (χ1v) is 8.15. The Balaban J connectivity index is 1.66. The molecule has 2 aliphatic rings. The molecule has 2 rings (SSSR count). The summed E-state index contributed by atoms with van der Waals surface area (Å²) in [6.45, 7) is 1.98. The zero-order valence-corrected chi connectivity index (χ0v) is 12.2. The highest BCUT2D eigenvalue weighted by Crippen LogP contribution is 2.18. The molecule has 0 aromatic carbocycles. The second-order valence-corrected chi connectivity index (χ2v) is 6.53. The molecule has 1 heterocycles. The second-order valence-electron chi connectivity index (χ2n) is 5.43. The highest BCUT2D eigenvalue weighted by Gasteiger charge is 2.24. The lowest BCUT2D eigenvalue weighted by Crippen LogP contribution is -2.54. The number of carbonyl (C=O) groups excluding carboxylic acids is 2. The van der Waals surface area contributed by atoms with Crippen molar-refractivity contribution >= 4 is 23.6 Å². The highest BCUT2D eigenvalue weighted by atomic mass is 32.2.